The maximum absolute atomic E-state index is 5.76. The summed E-state index contributed by atoms with van der Waals surface area (Å²) in [5, 5.41) is 6.86. The molecule has 2 unspecified atom stereocenters. The third-order valence-electron chi connectivity index (χ3n) is 3.85. The third kappa shape index (κ3) is 5.33. The highest BCUT2D eigenvalue weighted by atomic mass is 32.1. The van der Waals surface area contributed by atoms with E-state index in [-0.39, 0.29) is 0 Å². The molecule has 2 atom stereocenters. The number of thiazole rings is 1. The second-order valence-electron chi connectivity index (χ2n) is 6.39. The van der Waals surface area contributed by atoms with Crippen LogP contribution in [0.2, 0.25) is 0 Å². The van der Waals surface area contributed by atoms with E-state index in [1.54, 1.807) is 11.3 Å². The Bertz CT molecular complexity index is 421. The predicted octanol–water partition coefficient (Wildman–Crippen LogP) is 2.89. The Morgan fingerprint density at radius 2 is 2.33 bits per heavy atom. The van der Waals surface area contributed by atoms with Crippen molar-refractivity contribution in [2.75, 3.05) is 19.7 Å². The maximum atomic E-state index is 5.76. The number of hydrogen-bond acceptors (Lipinski definition) is 5. The van der Waals surface area contributed by atoms with Crippen LogP contribution in [0, 0.1) is 5.92 Å². The average Bonchev–Trinajstić information content (AvgIpc) is 2.86. The van der Waals surface area contributed by atoms with Crippen molar-refractivity contribution >= 4 is 11.3 Å². The number of ether oxygens (including phenoxy) is 1. The Kier molecular flexibility index (Phi) is 6.61. The van der Waals surface area contributed by atoms with Crippen LogP contribution >= 0.6 is 11.3 Å². The number of hydrogen-bond donors (Lipinski definition) is 1. The van der Waals surface area contributed by atoms with Crippen LogP contribution < -0.4 is 5.32 Å². The topological polar surface area (TPSA) is 37.4 Å². The highest BCUT2D eigenvalue weighted by Gasteiger charge is 2.25. The Labute approximate surface area is 132 Å². The first-order valence-corrected chi connectivity index (χ1v) is 8.96. The van der Waals surface area contributed by atoms with Crippen molar-refractivity contribution in [3.05, 3.63) is 16.1 Å². The van der Waals surface area contributed by atoms with E-state index in [9.17, 15) is 0 Å². The van der Waals surface area contributed by atoms with Gasteiger partial charge in [-0.15, -0.1) is 11.3 Å². The van der Waals surface area contributed by atoms with E-state index in [0.29, 0.717) is 18.1 Å². The Morgan fingerprint density at radius 3 is 3.05 bits per heavy atom. The molecule has 1 aromatic heterocycles. The lowest BCUT2D eigenvalue weighted by Crippen LogP contribution is -2.47. The van der Waals surface area contributed by atoms with Gasteiger partial charge >= 0.3 is 0 Å². The van der Waals surface area contributed by atoms with E-state index in [0.717, 1.165) is 39.2 Å². The third-order valence-corrected chi connectivity index (χ3v) is 4.74. The molecule has 0 aliphatic carbocycles. The molecular formula is C16H29N3OS. The molecule has 2 rings (SSSR count). The lowest BCUT2D eigenvalue weighted by Gasteiger charge is -2.37. The minimum absolute atomic E-state index is 0.332. The van der Waals surface area contributed by atoms with Gasteiger partial charge in [-0.05, 0) is 25.8 Å². The van der Waals surface area contributed by atoms with Gasteiger partial charge in [0.15, 0.2) is 0 Å². The number of nitrogens with zero attached hydrogens (tertiary/aromatic N) is 2. The zero-order valence-electron chi connectivity index (χ0n) is 13.8. The lowest BCUT2D eigenvalue weighted by atomic mass is 10.1. The van der Waals surface area contributed by atoms with Gasteiger partial charge < -0.3 is 10.1 Å². The molecule has 1 aliphatic rings. The standard InChI is InChI=1S/C16H29N3OS/c1-5-15-10-20-13(4)8-19(15)9-14-11-21-16(18-14)7-17-6-12(2)3/h11-13,15,17H,5-10H2,1-4H3. The molecule has 5 heteroatoms. The number of rotatable bonds is 7. The van der Waals surface area contributed by atoms with Crippen molar-refractivity contribution in [1.82, 2.24) is 15.2 Å². The molecule has 0 bridgehead atoms. The molecule has 120 valence electrons. The Hall–Kier alpha value is -0.490. The van der Waals surface area contributed by atoms with Crippen LogP contribution in [-0.4, -0.2) is 41.7 Å². The fourth-order valence-electron chi connectivity index (χ4n) is 2.66. The normalized spacial score (nSPS) is 23.9. The molecule has 0 saturated carbocycles. The SMILES string of the molecule is CCC1COC(C)CN1Cc1csc(CNCC(C)C)n1. The molecule has 4 nitrogen and oxygen atoms in total. The second kappa shape index (κ2) is 8.22. The van der Waals surface area contributed by atoms with E-state index < -0.39 is 0 Å². The minimum atomic E-state index is 0.332. The summed E-state index contributed by atoms with van der Waals surface area (Å²) in [6, 6.07) is 0.533. The van der Waals surface area contributed by atoms with Crippen molar-refractivity contribution in [3.63, 3.8) is 0 Å². The number of aromatic nitrogens is 1. The van der Waals surface area contributed by atoms with Crippen LogP contribution in [0.15, 0.2) is 5.38 Å². The van der Waals surface area contributed by atoms with Crippen LogP contribution in [0.4, 0.5) is 0 Å². The van der Waals surface area contributed by atoms with Crippen molar-refractivity contribution < 1.29 is 4.74 Å². The van der Waals surface area contributed by atoms with Gasteiger partial charge in [-0.1, -0.05) is 20.8 Å². The summed E-state index contributed by atoms with van der Waals surface area (Å²) in [6.07, 6.45) is 1.47. The second-order valence-corrected chi connectivity index (χ2v) is 7.34. The van der Waals surface area contributed by atoms with E-state index in [1.165, 1.54) is 10.7 Å². The average molecular weight is 311 g/mol. The number of nitrogens with one attached hydrogen (secondary N) is 1. The summed E-state index contributed by atoms with van der Waals surface area (Å²) in [5.41, 5.74) is 1.20. The summed E-state index contributed by atoms with van der Waals surface area (Å²) in [7, 11) is 0. The van der Waals surface area contributed by atoms with Gasteiger partial charge in [-0.2, -0.15) is 0 Å². The zero-order valence-corrected chi connectivity index (χ0v) is 14.6. The molecule has 1 aromatic rings. The fourth-order valence-corrected chi connectivity index (χ4v) is 3.42. The van der Waals surface area contributed by atoms with Crippen LogP contribution in [0.3, 0.4) is 0 Å². The van der Waals surface area contributed by atoms with Gasteiger partial charge in [-0.25, -0.2) is 4.98 Å². The monoisotopic (exact) mass is 311 g/mol. The zero-order chi connectivity index (χ0) is 15.2. The molecule has 1 fully saturated rings. The molecule has 2 heterocycles. The molecule has 1 N–H and O–H groups in total. The van der Waals surface area contributed by atoms with Crippen molar-refractivity contribution in [2.45, 2.75) is 59.4 Å². The van der Waals surface area contributed by atoms with Gasteiger partial charge in [0.05, 0.1) is 18.4 Å². The van der Waals surface area contributed by atoms with Crippen molar-refractivity contribution in [1.29, 1.82) is 0 Å². The highest BCUT2D eigenvalue weighted by Crippen LogP contribution is 2.19. The maximum Gasteiger partial charge on any atom is 0.107 e. The van der Waals surface area contributed by atoms with Crippen molar-refractivity contribution in [3.8, 4) is 0 Å². The smallest absolute Gasteiger partial charge is 0.107 e. The van der Waals surface area contributed by atoms with Crippen LogP contribution in [0.25, 0.3) is 0 Å². The quantitative estimate of drug-likeness (QED) is 0.840. The summed E-state index contributed by atoms with van der Waals surface area (Å²) in [5.74, 6) is 0.685. The van der Waals surface area contributed by atoms with Crippen LogP contribution in [0.5, 0.6) is 0 Å². The van der Waals surface area contributed by atoms with Crippen LogP contribution in [-0.2, 0) is 17.8 Å². The lowest BCUT2D eigenvalue weighted by molar-refractivity contribution is -0.0595. The molecule has 0 spiro atoms. The Balaban J connectivity index is 1.85. The molecule has 0 radical (unpaired) electrons. The van der Waals surface area contributed by atoms with Gasteiger partial charge in [-0.3, -0.25) is 4.90 Å². The molecular weight excluding hydrogens is 282 g/mol. The summed E-state index contributed by atoms with van der Waals surface area (Å²) < 4.78 is 5.76. The summed E-state index contributed by atoms with van der Waals surface area (Å²) in [4.78, 5) is 7.29. The van der Waals surface area contributed by atoms with Gasteiger partial charge in [0, 0.05) is 31.1 Å². The van der Waals surface area contributed by atoms with E-state index in [4.69, 9.17) is 9.72 Å². The van der Waals surface area contributed by atoms with Crippen LogP contribution in [0.1, 0.15) is 44.8 Å². The van der Waals surface area contributed by atoms with E-state index in [1.807, 2.05) is 0 Å². The molecule has 21 heavy (non-hydrogen) atoms. The minimum Gasteiger partial charge on any atom is -0.376 e. The first-order chi connectivity index (χ1) is 10.1. The van der Waals surface area contributed by atoms with Gasteiger partial charge in [0.2, 0.25) is 0 Å². The summed E-state index contributed by atoms with van der Waals surface area (Å²) >= 11 is 1.77. The van der Waals surface area contributed by atoms with Gasteiger partial charge in [0.1, 0.15) is 5.01 Å². The summed E-state index contributed by atoms with van der Waals surface area (Å²) in [6.45, 7) is 13.6. The highest BCUT2D eigenvalue weighted by molar-refractivity contribution is 7.09. The first kappa shape index (κ1) is 16.9. The predicted molar refractivity (Wildman–Crippen MR) is 88.6 cm³/mol. The molecule has 0 amide bonds. The molecule has 1 aliphatic heterocycles. The number of morpholine rings is 1. The molecule has 0 aromatic carbocycles. The fraction of sp³-hybridized carbons (Fsp3) is 0.812. The van der Waals surface area contributed by atoms with Crippen molar-refractivity contribution in [2.24, 2.45) is 5.92 Å². The van der Waals surface area contributed by atoms with Gasteiger partial charge in [0.25, 0.3) is 0 Å². The van der Waals surface area contributed by atoms with E-state index in [2.05, 4.69) is 43.3 Å². The van der Waals surface area contributed by atoms with E-state index >= 15 is 0 Å². The largest absolute Gasteiger partial charge is 0.376 e. The first-order valence-electron chi connectivity index (χ1n) is 8.08. The Morgan fingerprint density at radius 1 is 1.52 bits per heavy atom. The molecule has 1 saturated heterocycles.